The molecule has 1 aromatic carbocycles. The van der Waals surface area contributed by atoms with Crippen LogP contribution in [-0.4, -0.2) is 46.7 Å². The second-order valence-electron chi connectivity index (χ2n) is 8.47. The van der Waals surface area contributed by atoms with Gasteiger partial charge in [0.1, 0.15) is 11.4 Å². The highest BCUT2D eigenvalue weighted by atomic mass is 19.1. The molecule has 3 heterocycles. The Kier molecular flexibility index (Phi) is 5.05. The van der Waals surface area contributed by atoms with E-state index in [1.807, 2.05) is 15.5 Å². The van der Waals surface area contributed by atoms with Crippen LogP contribution in [0.15, 0.2) is 47.7 Å². The molecule has 0 spiro atoms. The first kappa shape index (κ1) is 20.4. The molecule has 1 aliphatic carbocycles. The van der Waals surface area contributed by atoms with E-state index in [-0.39, 0.29) is 17.0 Å². The summed E-state index contributed by atoms with van der Waals surface area (Å²) in [4.78, 5) is 28.3. The van der Waals surface area contributed by atoms with E-state index in [0.29, 0.717) is 43.9 Å². The number of aromatic nitrogens is 2. The van der Waals surface area contributed by atoms with Crippen LogP contribution in [0.5, 0.6) is 0 Å². The predicted molar refractivity (Wildman–Crippen MR) is 116 cm³/mol. The van der Waals surface area contributed by atoms with Gasteiger partial charge in [-0.15, -0.1) is 0 Å². The Hall–Kier alpha value is -3.46. The second-order valence-corrected chi connectivity index (χ2v) is 8.47. The third-order valence-electron chi connectivity index (χ3n) is 6.23. The lowest BCUT2D eigenvalue weighted by Gasteiger charge is -2.36. The Bertz CT molecular complexity index is 1260. The van der Waals surface area contributed by atoms with Crippen molar-refractivity contribution in [2.45, 2.75) is 25.4 Å². The number of pyridine rings is 2. The molecule has 166 valence electrons. The summed E-state index contributed by atoms with van der Waals surface area (Å²) in [6.45, 7) is 3.27. The standard InChI is InChI=1S/C23H23FN4O4/c24-19-10-17-20(28(16-3-4-16)14-18(22(17)29)23(30)31)11-21(19)26-8-6-25(7-9-26)12-15-2-1-5-27(32)13-15/h1-2,5,10-11,13-14,16H,3-4,6-9,12H2,(H,30,31). The quantitative estimate of drug-likeness (QED) is 0.485. The molecule has 2 aliphatic rings. The summed E-state index contributed by atoms with van der Waals surface area (Å²) in [5.41, 5.74) is 0.941. The molecule has 2 fully saturated rings. The second kappa shape index (κ2) is 7.90. The highest BCUT2D eigenvalue weighted by Gasteiger charge is 2.28. The van der Waals surface area contributed by atoms with Gasteiger partial charge < -0.3 is 19.8 Å². The van der Waals surface area contributed by atoms with Crippen molar-refractivity contribution in [3.8, 4) is 0 Å². The fourth-order valence-electron chi connectivity index (χ4n) is 4.41. The fraction of sp³-hybridized carbons (Fsp3) is 0.348. The minimum Gasteiger partial charge on any atom is -0.619 e. The molecular weight excluding hydrogens is 415 g/mol. The van der Waals surface area contributed by atoms with E-state index in [1.165, 1.54) is 18.5 Å². The van der Waals surface area contributed by atoms with Gasteiger partial charge in [-0.3, -0.25) is 9.69 Å². The Balaban J connectivity index is 1.42. The van der Waals surface area contributed by atoms with Gasteiger partial charge in [0.15, 0.2) is 12.4 Å². The molecule has 1 saturated heterocycles. The van der Waals surface area contributed by atoms with Gasteiger partial charge in [0, 0.05) is 62.0 Å². The van der Waals surface area contributed by atoms with Crippen molar-refractivity contribution in [1.82, 2.24) is 9.47 Å². The van der Waals surface area contributed by atoms with E-state index in [2.05, 4.69) is 4.90 Å². The number of carbonyl (C=O) groups is 1. The van der Waals surface area contributed by atoms with Crippen molar-refractivity contribution in [1.29, 1.82) is 0 Å². The first-order valence-corrected chi connectivity index (χ1v) is 10.7. The number of nitrogens with zero attached hydrogens (tertiary/aromatic N) is 4. The lowest BCUT2D eigenvalue weighted by Crippen LogP contribution is -2.46. The number of rotatable bonds is 5. The Morgan fingerprint density at radius 3 is 2.62 bits per heavy atom. The molecule has 1 aliphatic heterocycles. The van der Waals surface area contributed by atoms with Crippen LogP contribution in [-0.2, 0) is 6.54 Å². The number of anilines is 1. The van der Waals surface area contributed by atoms with Gasteiger partial charge in [0.2, 0.25) is 5.43 Å². The largest absolute Gasteiger partial charge is 0.619 e. The van der Waals surface area contributed by atoms with Crippen LogP contribution in [0.4, 0.5) is 10.1 Å². The van der Waals surface area contributed by atoms with Crippen LogP contribution in [0.3, 0.4) is 0 Å². The average molecular weight is 438 g/mol. The summed E-state index contributed by atoms with van der Waals surface area (Å²) in [6.07, 6.45) is 6.21. The Morgan fingerprint density at radius 1 is 1.22 bits per heavy atom. The number of hydrogen-bond acceptors (Lipinski definition) is 5. The van der Waals surface area contributed by atoms with E-state index in [0.717, 1.165) is 23.1 Å². The van der Waals surface area contributed by atoms with Crippen LogP contribution in [0.1, 0.15) is 34.8 Å². The van der Waals surface area contributed by atoms with Gasteiger partial charge in [0.25, 0.3) is 0 Å². The molecule has 0 radical (unpaired) electrons. The first-order valence-electron chi connectivity index (χ1n) is 10.7. The third kappa shape index (κ3) is 3.80. The molecular formula is C23H23FN4O4. The average Bonchev–Trinajstić information content (AvgIpc) is 3.60. The summed E-state index contributed by atoms with van der Waals surface area (Å²) < 4.78 is 17.7. The number of fused-ring (bicyclic) bond motifs is 1. The molecule has 0 atom stereocenters. The van der Waals surface area contributed by atoms with Gasteiger partial charge in [-0.05, 0) is 31.0 Å². The highest BCUT2D eigenvalue weighted by Crippen LogP contribution is 2.38. The number of halogens is 1. The van der Waals surface area contributed by atoms with Crippen molar-refractivity contribution in [2.24, 2.45) is 0 Å². The minimum atomic E-state index is -1.30. The maximum atomic E-state index is 15.1. The van der Waals surface area contributed by atoms with E-state index in [1.54, 1.807) is 18.3 Å². The van der Waals surface area contributed by atoms with Crippen LogP contribution < -0.4 is 15.1 Å². The molecule has 1 saturated carbocycles. The SMILES string of the molecule is O=C(O)c1cn(C2CC2)c2cc(N3CCN(Cc4ccc[n+]([O-])c4)CC3)c(F)cc2c1=O. The van der Waals surface area contributed by atoms with Crippen molar-refractivity contribution in [3.63, 3.8) is 0 Å². The number of carboxylic acids is 1. The van der Waals surface area contributed by atoms with E-state index in [9.17, 15) is 19.9 Å². The van der Waals surface area contributed by atoms with Crippen LogP contribution >= 0.6 is 0 Å². The van der Waals surface area contributed by atoms with Crippen LogP contribution in [0.25, 0.3) is 10.9 Å². The van der Waals surface area contributed by atoms with Crippen molar-refractivity contribution in [3.05, 3.63) is 75.2 Å². The van der Waals surface area contributed by atoms with Crippen molar-refractivity contribution < 1.29 is 19.0 Å². The molecule has 1 N–H and O–H groups in total. The smallest absolute Gasteiger partial charge is 0.341 e. The van der Waals surface area contributed by atoms with Crippen LogP contribution in [0, 0.1) is 11.0 Å². The first-order chi connectivity index (χ1) is 15.4. The number of aromatic carboxylic acids is 1. The minimum absolute atomic E-state index is 0.103. The van der Waals surface area contributed by atoms with Gasteiger partial charge in [-0.25, -0.2) is 9.18 Å². The predicted octanol–water partition coefficient (Wildman–Crippen LogP) is 2.13. The summed E-state index contributed by atoms with van der Waals surface area (Å²) in [6, 6.07) is 6.64. The van der Waals surface area contributed by atoms with E-state index >= 15 is 4.39 Å². The normalized spacial score (nSPS) is 17.1. The van der Waals surface area contributed by atoms with Gasteiger partial charge in [-0.1, -0.05) is 0 Å². The molecule has 0 unspecified atom stereocenters. The molecule has 8 nitrogen and oxygen atoms in total. The van der Waals surface area contributed by atoms with E-state index in [4.69, 9.17) is 0 Å². The lowest BCUT2D eigenvalue weighted by molar-refractivity contribution is -0.605. The maximum absolute atomic E-state index is 15.1. The molecule has 32 heavy (non-hydrogen) atoms. The Labute approximate surface area is 183 Å². The molecule has 9 heteroatoms. The van der Waals surface area contributed by atoms with Gasteiger partial charge in [-0.2, -0.15) is 4.73 Å². The fourth-order valence-corrected chi connectivity index (χ4v) is 4.41. The molecule has 2 aromatic heterocycles. The lowest BCUT2D eigenvalue weighted by atomic mass is 10.1. The molecule has 5 rings (SSSR count). The van der Waals surface area contributed by atoms with E-state index < -0.39 is 17.2 Å². The van der Waals surface area contributed by atoms with Crippen molar-refractivity contribution >= 4 is 22.6 Å². The summed E-state index contributed by atoms with van der Waals surface area (Å²) in [5, 5.41) is 21.0. The number of carboxylic acid groups (broad SMARTS) is 1. The molecule has 0 bridgehead atoms. The summed E-state index contributed by atoms with van der Waals surface area (Å²) in [7, 11) is 0. The zero-order valence-corrected chi connectivity index (χ0v) is 17.4. The molecule has 0 amide bonds. The van der Waals surface area contributed by atoms with Gasteiger partial charge in [0.05, 0.1) is 11.2 Å². The van der Waals surface area contributed by atoms with Gasteiger partial charge >= 0.3 is 5.97 Å². The summed E-state index contributed by atoms with van der Waals surface area (Å²) in [5.74, 6) is -1.82. The van der Waals surface area contributed by atoms with Crippen LogP contribution in [0.2, 0.25) is 0 Å². The topological polar surface area (TPSA) is 92.7 Å². The monoisotopic (exact) mass is 438 g/mol. The zero-order valence-electron chi connectivity index (χ0n) is 17.4. The highest BCUT2D eigenvalue weighted by molar-refractivity contribution is 5.93. The maximum Gasteiger partial charge on any atom is 0.341 e. The summed E-state index contributed by atoms with van der Waals surface area (Å²) >= 11 is 0. The molecule has 3 aromatic rings. The number of benzene rings is 1. The Morgan fingerprint density at radius 2 is 1.97 bits per heavy atom. The number of piperazine rings is 1. The third-order valence-corrected chi connectivity index (χ3v) is 6.23. The van der Waals surface area contributed by atoms with Crippen molar-refractivity contribution in [2.75, 3.05) is 31.1 Å². The zero-order chi connectivity index (χ0) is 22.4. The number of hydrogen-bond donors (Lipinski definition) is 1.